The van der Waals surface area contributed by atoms with Crippen LogP contribution < -0.4 is 0 Å². The number of hydrogen-bond donors (Lipinski definition) is 0. The zero-order valence-corrected chi connectivity index (χ0v) is 15.4. The van der Waals surface area contributed by atoms with Crippen molar-refractivity contribution in [3.63, 3.8) is 0 Å². The molecular weight excluding hydrogens is 354 g/mol. The Morgan fingerprint density at radius 1 is 1.28 bits per heavy atom. The molecule has 130 valence electrons. The Bertz CT molecular complexity index is 892. The average molecular weight is 373 g/mol. The van der Waals surface area contributed by atoms with Gasteiger partial charge in [-0.25, -0.2) is 0 Å². The molecule has 4 atom stereocenters. The number of nitro groups is 1. The number of nitrogens with zero attached hydrogens (tertiary/aromatic N) is 1. The van der Waals surface area contributed by atoms with Crippen LogP contribution in [-0.4, -0.2) is 23.0 Å². The van der Waals surface area contributed by atoms with Crippen LogP contribution in [0.15, 0.2) is 29.2 Å². The number of hydrogen-bond acceptors (Lipinski definition) is 5. The van der Waals surface area contributed by atoms with Crippen LogP contribution in [0.4, 0.5) is 0 Å². The normalized spacial score (nSPS) is 33.8. The highest BCUT2D eigenvalue weighted by Crippen LogP contribution is 2.65. The number of carbonyl (C=O) groups is 1. The van der Waals surface area contributed by atoms with Crippen molar-refractivity contribution in [2.24, 2.45) is 17.8 Å². The Hall–Kier alpha value is -1.40. The van der Waals surface area contributed by atoms with Crippen molar-refractivity contribution in [3.8, 4) is 0 Å². The largest absolute Gasteiger partial charge is 0.299 e. The number of ketones is 1. The van der Waals surface area contributed by atoms with E-state index in [1.54, 1.807) is 0 Å². The van der Waals surface area contributed by atoms with E-state index in [1.807, 2.05) is 23.1 Å². The quantitative estimate of drug-likeness (QED) is 0.573. The predicted molar refractivity (Wildman–Crippen MR) is 100 cm³/mol. The highest BCUT2D eigenvalue weighted by atomic mass is 32.2. The van der Waals surface area contributed by atoms with E-state index in [0.29, 0.717) is 12.2 Å². The van der Waals surface area contributed by atoms with Crippen LogP contribution in [0.5, 0.6) is 0 Å². The summed E-state index contributed by atoms with van der Waals surface area (Å²) in [5.74, 6) is 1.59. The van der Waals surface area contributed by atoms with Gasteiger partial charge in [0.25, 0.3) is 0 Å². The highest BCUT2D eigenvalue weighted by Gasteiger charge is 2.63. The van der Waals surface area contributed by atoms with Gasteiger partial charge in [-0.3, -0.25) is 14.9 Å². The van der Waals surface area contributed by atoms with Crippen molar-refractivity contribution in [1.82, 2.24) is 0 Å². The highest BCUT2D eigenvalue weighted by molar-refractivity contribution is 7.99. The van der Waals surface area contributed by atoms with Crippen molar-refractivity contribution < 1.29 is 9.72 Å². The van der Waals surface area contributed by atoms with E-state index in [0.717, 1.165) is 25.0 Å². The monoisotopic (exact) mass is 373 g/mol. The van der Waals surface area contributed by atoms with E-state index in [1.165, 1.54) is 19.9 Å². The summed E-state index contributed by atoms with van der Waals surface area (Å²) < 4.78 is 1.28. The molecule has 1 spiro atoms. The van der Waals surface area contributed by atoms with Crippen molar-refractivity contribution >= 4 is 39.0 Å². The number of carbonyl (C=O) groups excluding carboxylic acids is 1. The van der Waals surface area contributed by atoms with Gasteiger partial charge in [0.1, 0.15) is 5.78 Å². The summed E-state index contributed by atoms with van der Waals surface area (Å²) >= 11 is 3.72. The Balaban J connectivity index is 1.72. The first-order chi connectivity index (χ1) is 12.1. The molecule has 1 unspecified atom stereocenters. The molecule has 0 amide bonds. The molecule has 0 saturated heterocycles. The molecule has 4 nitrogen and oxygen atoms in total. The van der Waals surface area contributed by atoms with E-state index in [-0.39, 0.29) is 34.6 Å². The van der Waals surface area contributed by atoms with Crippen molar-refractivity contribution in [3.05, 3.63) is 39.3 Å². The molecule has 2 fully saturated rings. The number of thiophene rings is 1. The van der Waals surface area contributed by atoms with E-state index in [2.05, 4.69) is 24.3 Å². The third-order valence-corrected chi connectivity index (χ3v) is 9.25. The molecule has 5 rings (SSSR count). The lowest BCUT2D eigenvalue weighted by molar-refractivity contribution is -0.489. The number of fused-ring (bicyclic) bond motifs is 3. The van der Waals surface area contributed by atoms with Gasteiger partial charge in [0.15, 0.2) is 0 Å². The molecule has 2 heterocycles. The summed E-state index contributed by atoms with van der Waals surface area (Å²) in [7, 11) is 0. The van der Waals surface area contributed by atoms with E-state index in [4.69, 9.17) is 0 Å². The lowest BCUT2D eigenvalue weighted by Crippen LogP contribution is -2.35. The van der Waals surface area contributed by atoms with Gasteiger partial charge in [0, 0.05) is 48.5 Å². The molecule has 2 aliphatic carbocycles. The minimum absolute atomic E-state index is 0.0137. The fraction of sp³-hybridized carbons (Fsp3) is 0.526. The molecule has 0 bridgehead atoms. The first kappa shape index (κ1) is 15.8. The van der Waals surface area contributed by atoms with Crippen LogP contribution in [0.3, 0.4) is 0 Å². The summed E-state index contributed by atoms with van der Waals surface area (Å²) in [5, 5.41) is 12.5. The van der Waals surface area contributed by atoms with Crippen LogP contribution in [0.2, 0.25) is 0 Å². The van der Waals surface area contributed by atoms with Crippen LogP contribution in [-0.2, 0) is 10.2 Å². The SMILES string of the molecule is O=C1C[C@H]2[C@H](C[N+](=O)[O-])CC[C@]23c2sc4ccccc4c2SCCC13. The Labute approximate surface area is 154 Å². The summed E-state index contributed by atoms with van der Waals surface area (Å²) in [5.41, 5.74) is -0.139. The van der Waals surface area contributed by atoms with Gasteiger partial charge in [0.2, 0.25) is 6.54 Å². The van der Waals surface area contributed by atoms with Gasteiger partial charge in [-0.1, -0.05) is 18.2 Å². The van der Waals surface area contributed by atoms with Crippen LogP contribution in [0, 0.1) is 27.9 Å². The standard InChI is InChI=1S/C19H19NO3S2/c21-15-9-14-11(10-20(22)23)5-7-19(14)13(15)6-8-24-17-12-3-1-2-4-16(12)25-18(17)19/h1-4,11,13-14H,5-10H2/t11-,13?,14-,19+/m0/s1. The third-order valence-electron chi connectivity index (χ3n) is 6.60. The number of rotatable bonds is 2. The van der Waals surface area contributed by atoms with Crippen LogP contribution in [0.1, 0.15) is 30.6 Å². The molecule has 2 saturated carbocycles. The molecule has 1 aromatic carbocycles. The maximum Gasteiger partial charge on any atom is 0.206 e. The van der Waals surface area contributed by atoms with Crippen LogP contribution in [0.25, 0.3) is 10.1 Å². The molecule has 0 N–H and O–H groups in total. The fourth-order valence-electron chi connectivity index (χ4n) is 5.68. The van der Waals surface area contributed by atoms with Crippen molar-refractivity contribution in [2.45, 2.75) is 36.0 Å². The van der Waals surface area contributed by atoms with Gasteiger partial charge >= 0.3 is 0 Å². The first-order valence-electron chi connectivity index (χ1n) is 8.90. The van der Waals surface area contributed by atoms with Gasteiger partial charge in [-0.15, -0.1) is 23.1 Å². The van der Waals surface area contributed by atoms with Gasteiger partial charge < -0.3 is 0 Å². The van der Waals surface area contributed by atoms with Crippen LogP contribution >= 0.6 is 23.1 Å². The Morgan fingerprint density at radius 2 is 2.12 bits per heavy atom. The molecular formula is C19H19NO3S2. The predicted octanol–water partition coefficient (Wildman–Crippen LogP) is 4.53. The number of thioether (sulfide) groups is 1. The molecule has 0 radical (unpaired) electrons. The molecule has 1 aliphatic heterocycles. The lowest BCUT2D eigenvalue weighted by atomic mass is 9.70. The number of benzene rings is 1. The minimum Gasteiger partial charge on any atom is -0.299 e. The average Bonchev–Trinajstić information content (AvgIpc) is 3.16. The third kappa shape index (κ3) is 2.10. The second-order valence-corrected chi connectivity index (χ2v) is 9.73. The topological polar surface area (TPSA) is 60.2 Å². The maximum absolute atomic E-state index is 12.9. The van der Waals surface area contributed by atoms with E-state index in [9.17, 15) is 14.9 Å². The maximum atomic E-state index is 12.9. The van der Waals surface area contributed by atoms with Gasteiger partial charge in [0.05, 0.1) is 0 Å². The smallest absolute Gasteiger partial charge is 0.206 e. The zero-order chi connectivity index (χ0) is 17.2. The molecule has 3 aliphatic rings. The fourth-order valence-corrected chi connectivity index (χ4v) is 8.69. The summed E-state index contributed by atoms with van der Waals surface area (Å²) in [6, 6.07) is 8.50. The summed E-state index contributed by atoms with van der Waals surface area (Å²) in [6.45, 7) is 0.0137. The lowest BCUT2D eigenvalue weighted by Gasteiger charge is -2.34. The summed E-state index contributed by atoms with van der Waals surface area (Å²) in [4.78, 5) is 26.5. The molecule has 6 heteroatoms. The molecule has 1 aromatic heterocycles. The zero-order valence-electron chi connectivity index (χ0n) is 13.8. The van der Waals surface area contributed by atoms with E-state index >= 15 is 0 Å². The van der Waals surface area contributed by atoms with Gasteiger partial charge in [-0.2, -0.15) is 0 Å². The van der Waals surface area contributed by atoms with Crippen molar-refractivity contribution in [1.29, 1.82) is 0 Å². The first-order valence-corrected chi connectivity index (χ1v) is 10.7. The van der Waals surface area contributed by atoms with Crippen molar-refractivity contribution in [2.75, 3.05) is 12.3 Å². The second kappa shape index (κ2) is 5.55. The molecule has 2 aromatic rings. The summed E-state index contributed by atoms with van der Waals surface area (Å²) in [6.07, 6.45) is 3.28. The van der Waals surface area contributed by atoms with Gasteiger partial charge in [-0.05, 0) is 37.0 Å². The van der Waals surface area contributed by atoms with E-state index < -0.39 is 0 Å². The minimum atomic E-state index is -0.182. The molecule has 25 heavy (non-hydrogen) atoms. The Morgan fingerprint density at radius 3 is 2.96 bits per heavy atom. The number of Topliss-reactive ketones (excluding diaryl/α,β-unsaturated/α-hetero) is 1. The second-order valence-electron chi connectivity index (χ2n) is 7.58. The Kier molecular flexibility index (Phi) is 3.51.